The van der Waals surface area contributed by atoms with Crippen molar-refractivity contribution in [2.45, 2.75) is 26.2 Å². The first-order chi connectivity index (χ1) is 13.1. The molecule has 2 aliphatic rings. The van der Waals surface area contributed by atoms with E-state index in [4.69, 9.17) is 0 Å². The minimum Gasteiger partial charge on any atom is -0.372 e. The molecule has 5 nitrogen and oxygen atoms in total. The summed E-state index contributed by atoms with van der Waals surface area (Å²) in [6, 6.07) is 15.3. The minimum absolute atomic E-state index is 0.160. The quantitative estimate of drug-likeness (QED) is 0.673. The van der Waals surface area contributed by atoms with E-state index in [1.807, 2.05) is 31.2 Å². The number of nitrogens with zero attached hydrogens (tertiary/aromatic N) is 2. The highest BCUT2D eigenvalue weighted by atomic mass is 16.2. The van der Waals surface area contributed by atoms with Crippen LogP contribution in [0.5, 0.6) is 0 Å². The van der Waals surface area contributed by atoms with Gasteiger partial charge in [-0.25, -0.2) is 5.01 Å². The van der Waals surface area contributed by atoms with Gasteiger partial charge in [0.1, 0.15) is 5.57 Å². The standard InChI is InChI=1S/C22H23N3O2/c1-16-14-19(24-12-6-3-7-13-24)11-10-17(16)15-20-21(26)23-25(22(20)27)18-8-4-2-5-9-18/h2,4-5,8-11,14-15H,3,6-7,12-13H2,1H3,(H,23,26)/b20-15-. The molecule has 2 fully saturated rings. The van der Waals surface area contributed by atoms with Gasteiger partial charge in [0.25, 0.3) is 11.8 Å². The molecule has 2 aromatic rings. The second-order valence-electron chi connectivity index (χ2n) is 7.06. The number of hydrogen-bond acceptors (Lipinski definition) is 3. The Morgan fingerprint density at radius 2 is 1.67 bits per heavy atom. The fourth-order valence-electron chi connectivity index (χ4n) is 3.64. The van der Waals surface area contributed by atoms with Crippen molar-refractivity contribution in [1.29, 1.82) is 0 Å². The number of piperidine rings is 1. The Morgan fingerprint density at radius 1 is 0.926 bits per heavy atom. The van der Waals surface area contributed by atoms with Gasteiger partial charge in [0.2, 0.25) is 0 Å². The van der Waals surface area contributed by atoms with Gasteiger partial charge in [-0.1, -0.05) is 24.3 Å². The first-order valence-corrected chi connectivity index (χ1v) is 9.41. The third-order valence-electron chi connectivity index (χ3n) is 5.18. The average Bonchev–Trinajstić information content (AvgIpc) is 2.99. The van der Waals surface area contributed by atoms with E-state index in [1.54, 1.807) is 18.2 Å². The largest absolute Gasteiger partial charge is 0.372 e. The number of para-hydroxylation sites is 1. The van der Waals surface area contributed by atoms with Crippen LogP contribution in [0.25, 0.3) is 6.08 Å². The number of carbonyl (C=O) groups is 2. The molecule has 0 atom stereocenters. The highest BCUT2D eigenvalue weighted by Gasteiger charge is 2.34. The van der Waals surface area contributed by atoms with Crippen molar-refractivity contribution in [3.05, 3.63) is 65.2 Å². The fraction of sp³-hybridized carbons (Fsp3) is 0.273. The summed E-state index contributed by atoms with van der Waals surface area (Å²) in [5.74, 6) is -0.700. The van der Waals surface area contributed by atoms with E-state index < -0.39 is 0 Å². The molecule has 4 rings (SSSR count). The predicted octanol–water partition coefficient (Wildman–Crippen LogP) is 3.45. The first kappa shape index (κ1) is 17.3. The third-order valence-corrected chi connectivity index (χ3v) is 5.18. The molecule has 1 N–H and O–H groups in total. The van der Waals surface area contributed by atoms with Crippen LogP contribution in [0.2, 0.25) is 0 Å². The molecule has 2 aliphatic heterocycles. The van der Waals surface area contributed by atoms with Gasteiger partial charge in [-0.3, -0.25) is 15.0 Å². The Kier molecular flexibility index (Phi) is 4.67. The van der Waals surface area contributed by atoms with E-state index in [1.165, 1.54) is 30.0 Å². The van der Waals surface area contributed by atoms with Gasteiger partial charge < -0.3 is 4.90 Å². The Morgan fingerprint density at radius 3 is 2.37 bits per heavy atom. The van der Waals surface area contributed by atoms with Crippen molar-refractivity contribution in [3.8, 4) is 0 Å². The molecule has 27 heavy (non-hydrogen) atoms. The van der Waals surface area contributed by atoms with Crippen LogP contribution in [-0.2, 0) is 9.59 Å². The predicted molar refractivity (Wildman–Crippen MR) is 107 cm³/mol. The number of benzene rings is 2. The third kappa shape index (κ3) is 3.45. The van der Waals surface area contributed by atoms with Gasteiger partial charge >= 0.3 is 0 Å². The summed E-state index contributed by atoms with van der Waals surface area (Å²) in [6.07, 6.45) is 5.45. The van der Waals surface area contributed by atoms with Crippen LogP contribution in [0.4, 0.5) is 11.4 Å². The highest BCUT2D eigenvalue weighted by molar-refractivity contribution is 6.31. The fourth-order valence-corrected chi connectivity index (χ4v) is 3.64. The van der Waals surface area contributed by atoms with E-state index in [-0.39, 0.29) is 17.4 Å². The molecular formula is C22H23N3O2. The van der Waals surface area contributed by atoms with Gasteiger partial charge in [0.05, 0.1) is 5.69 Å². The van der Waals surface area contributed by atoms with Crippen LogP contribution in [0, 0.1) is 6.92 Å². The molecule has 2 saturated heterocycles. The van der Waals surface area contributed by atoms with Crippen LogP contribution in [0.1, 0.15) is 30.4 Å². The number of aryl methyl sites for hydroxylation is 1. The monoisotopic (exact) mass is 361 g/mol. The van der Waals surface area contributed by atoms with Crippen LogP contribution in [-0.4, -0.2) is 24.9 Å². The lowest BCUT2D eigenvalue weighted by molar-refractivity contribution is -0.117. The molecular weight excluding hydrogens is 338 g/mol. The minimum atomic E-state index is -0.372. The van der Waals surface area contributed by atoms with Crippen molar-refractivity contribution >= 4 is 29.3 Å². The zero-order valence-electron chi connectivity index (χ0n) is 15.4. The Hall–Kier alpha value is -3.08. The summed E-state index contributed by atoms with van der Waals surface area (Å²) in [7, 11) is 0. The van der Waals surface area contributed by atoms with Gasteiger partial charge in [0, 0.05) is 18.8 Å². The zero-order chi connectivity index (χ0) is 18.8. The summed E-state index contributed by atoms with van der Waals surface area (Å²) in [5.41, 5.74) is 6.61. The molecule has 2 heterocycles. The lowest BCUT2D eigenvalue weighted by Gasteiger charge is -2.29. The van der Waals surface area contributed by atoms with Crippen molar-refractivity contribution in [3.63, 3.8) is 0 Å². The second-order valence-corrected chi connectivity index (χ2v) is 7.06. The number of nitrogens with one attached hydrogen (secondary N) is 1. The number of rotatable bonds is 3. The molecule has 0 radical (unpaired) electrons. The molecule has 0 bridgehead atoms. The number of anilines is 2. The average molecular weight is 361 g/mol. The number of carbonyl (C=O) groups excluding carboxylic acids is 2. The van der Waals surface area contributed by atoms with Gasteiger partial charge in [-0.2, -0.15) is 0 Å². The zero-order valence-corrected chi connectivity index (χ0v) is 15.4. The van der Waals surface area contributed by atoms with Crippen molar-refractivity contribution in [2.75, 3.05) is 23.0 Å². The molecule has 0 unspecified atom stereocenters. The van der Waals surface area contributed by atoms with E-state index in [9.17, 15) is 9.59 Å². The number of hydrazine groups is 1. The lowest BCUT2D eigenvalue weighted by Crippen LogP contribution is -2.35. The van der Waals surface area contributed by atoms with E-state index in [0.717, 1.165) is 24.2 Å². The Bertz CT molecular complexity index is 899. The topological polar surface area (TPSA) is 52.7 Å². The van der Waals surface area contributed by atoms with Gasteiger partial charge in [0.15, 0.2) is 0 Å². The maximum Gasteiger partial charge on any atom is 0.282 e. The molecule has 0 aliphatic carbocycles. The van der Waals surface area contributed by atoms with Gasteiger partial charge in [-0.05, 0) is 67.7 Å². The van der Waals surface area contributed by atoms with E-state index >= 15 is 0 Å². The summed E-state index contributed by atoms with van der Waals surface area (Å²) < 4.78 is 0. The molecule has 5 heteroatoms. The summed E-state index contributed by atoms with van der Waals surface area (Å²) in [6.45, 7) is 4.20. The van der Waals surface area contributed by atoms with Gasteiger partial charge in [-0.15, -0.1) is 0 Å². The van der Waals surface area contributed by atoms with Crippen molar-refractivity contribution < 1.29 is 9.59 Å². The second kappa shape index (κ2) is 7.27. The summed E-state index contributed by atoms with van der Waals surface area (Å²) in [5, 5.41) is 1.30. The first-order valence-electron chi connectivity index (χ1n) is 9.41. The van der Waals surface area contributed by atoms with Crippen LogP contribution >= 0.6 is 0 Å². The summed E-state index contributed by atoms with van der Waals surface area (Å²) in [4.78, 5) is 27.5. The Labute approximate surface area is 159 Å². The maximum absolute atomic E-state index is 12.7. The molecule has 138 valence electrons. The number of amides is 2. The van der Waals surface area contributed by atoms with Crippen molar-refractivity contribution in [1.82, 2.24) is 5.43 Å². The highest BCUT2D eigenvalue weighted by Crippen LogP contribution is 2.26. The molecule has 0 spiro atoms. The van der Waals surface area contributed by atoms with Crippen LogP contribution in [0.15, 0.2) is 54.1 Å². The molecule has 2 amide bonds. The SMILES string of the molecule is Cc1cc(N2CCCCC2)ccc1/C=C1/C(=O)NN(c2ccccc2)C1=O. The molecule has 0 saturated carbocycles. The summed E-state index contributed by atoms with van der Waals surface area (Å²) >= 11 is 0. The molecule has 0 aromatic heterocycles. The van der Waals surface area contributed by atoms with Crippen LogP contribution in [0.3, 0.4) is 0 Å². The smallest absolute Gasteiger partial charge is 0.282 e. The van der Waals surface area contributed by atoms with E-state index in [0.29, 0.717) is 5.69 Å². The maximum atomic E-state index is 12.7. The normalized spacial score (nSPS) is 18.9. The Balaban J connectivity index is 1.59. The van der Waals surface area contributed by atoms with E-state index in [2.05, 4.69) is 22.5 Å². The lowest BCUT2D eigenvalue weighted by atomic mass is 10.0. The van der Waals surface area contributed by atoms with Crippen LogP contribution < -0.4 is 15.3 Å². The number of hydrogen-bond donors (Lipinski definition) is 1. The van der Waals surface area contributed by atoms with Crippen molar-refractivity contribution in [2.24, 2.45) is 0 Å². The molecule has 2 aromatic carbocycles.